The first-order valence-electron chi connectivity index (χ1n) is 10.9. The second kappa shape index (κ2) is 8.96. The summed E-state index contributed by atoms with van der Waals surface area (Å²) >= 11 is 0. The van der Waals surface area contributed by atoms with Crippen LogP contribution in [0, 0.1) is 0 Å². The van der Waals surface area contributed by atoms with Crippen molar-refractivity contribution in [3.8, 4) is 5.75 Å². The molecule has 0 saturated carbocycles. The van der Waals surface area contributed by atoms with Crippen LogP contribution in [0.5, 0.6) is 5.75 Å². The van der Waals surface area contributed by atoms with Crippen LogP contribution in [0.3, 0.4) is 0 Å². The van der Waals surface area contributed by atoms with Gasteiger partial charge in [-0.1, -0.05) is 32.0 Å². The molecule has 1 aromatic carbocycles. The molecule has 2 aromatic heterocycles. The van der Waals surface area contributed by atoms with Crippen LogP contribution in [-0.4, -0.2) is 45.8 Å². The summed E-state index contributed by atoms with van der Waals surface area (Å²) in [4.78, 5) is 19.6. The SMILES string of the molecule is COc1ccccc1Cc1cnc([C@H]2CCCN(C(=O)c3cc(C(C)C)nn3C)C2)o1. The predicted octanol–water partition coefficient (Wildman–Crippen LogP) is 4.15. The van der Waals surface area contributed by atoms with Gasteiger partial charge in [-0.3, -0.25) is 9.48 Å². The maximum Gasteiger partial charge on any atom is 0.272 e. The fourth-order valence-corrected chi connectivity index (χ4v) is 4.13. The molecule has 1 atom stereocenters. The Morgan fingerprint density at radius 2 is 2.13 bits per heavy atom. The van der Waals surface area contributed by atoms with Gasteiger partial charge < -0.3 is 14.1 Å². The first-order valence-corrected chi connectivity index (χ1v) is 10.9. The van der Waals surface area contributed by atoms with Crippen molar-refractivity contribution in [3.05, 3.63) is 65.1 Å². The molecule has 0 aliphatic carbocycles. The minimum absolute atomic E-state index is 0.0207. The highest BCUT2D eigenvalue weighted by Crippen LogP contribution is 2.29. The molecule has 1 fully saturated rings. The molecule has 0 spiro atoms. The zero-order chi connectivity index (χ0) is 22.0. The standard InChI is InChI=1S/C24H30N4O3/c1-16(2)20-13-21(27(3)26-20)24(29)28-11-7-9-18(15-28)23-25-14-19(31-23)12-17-8-5-6-10-22(17)30-4/h5-6,8,10,13-14,16,18H,7,9,11-12,15H2,1-4H3/t18-/m0/s1. The lowest BCUT2D eigenvalue weighted by Gasteiger charge is -2.31. The maximum atomic E-state index is 13.2. The Hall–Kier alpha value is -3.09. The van der Waals surface area contributed by atoms with E-state index in [2.05, 4.69) is 23.9 Å². The number of piperidine rings is 1. The van der Waals surface area contributed by atoms with Gasteiger partial charge in [-0.2, -0.15) is 5.10 Å². The summed E-state index contributed by atoms with van der Waals surface area (Å²) in [5.74, 6) is 2.75. The molecule has 4 rings (SSSR count). The molecule has 0 N–H and O–H groups in total. The third kappa shape index (κ3) is 4.50. The zero-order valence-electron chi connectivity index (χ0n) is 18.7. The van der Waals surface area contributed by atoms with Crippen LogP contribution in [-0.2, 0) is 13.5 Å². The molecule has 1 aliphatic heterocycles. The number of para-hydroxylation sites is 1. The van der Waals surface area contributed by atoms with Crippen molar-refractivity contribution < 1.29 is 13.9 Å². The molecule has 0 radical (unpaired) electrons. The maximum absolute atomic E-state index is 13.2. The number of nitrogens with zero attached hydrogens (tertiary/aromatic N) is 4. The molecule has 3 heterocycles. The molecule has 1 aliphatic rings. The molecule has 1 saturated heterocycles. The number of methoxy groups -OCH3 is 1. The van der Waals surface area contributed by atoms with E-state index in [0.717, 1.165) is 42.2 Å². The number of ether oxygens (including phenoxy) is 1. The summed E-state index contributed by atoms with van der Waals surface area (Å²) in [5.41, 5.74) is 2.63. The smallest absolute Gasteiger partial charge is 0.272 e. The van der Waals surface area contributed by atoms with Crippen LogP contribution in [0.15, 0.2) is 40.9 Å². The highest BCUT2D eigenvalue weighted by Gasteiger charge is 2.30. The van der Waals surface area contributed by atoms with E-state index in [1.165, 1.54) is 0 Å². The van der Waals surface area contributed by atoms with Crippen molar-refractivity contribution in [2.75, 3.05) is 20.2 Å². The van der Waals surface area contributed by atoms with Gasteiger partial charge in [0.15, 0.2) is 5.89 Å². The van der Waals surface area contributed by atoms with E-state index in [1.807, 2.05) is 42.3 Å². The van der Waals surface area contributed by atoms with Gasteiger partial charge in [-0.25, -0.2) is 4.98 Å². The lowest BCUT2D eigenvalue weighted by Crippen LogP contribution is -2.40. The third-order valence-corrected chi connectivity index (χ3v) is 5.90. The van der Waals surface area contributed by atoms with E-state index in [4.69, 9.17) is 9.15 Å². The second-order valence-corrected chi connectivity index (χ2v) is 8.48. The fourth-order valence-electron chi connectivity index (χ4n) is 4.13. The average Bonchev–Trinajstić information content (AvgIpc) is 3.40. The second-order valence-electron chi connectivity index (χ2n) is 8.48. The number of likely N-dealkylation sites (tertiary alicyclic amines) is 1. The highest BCUT2D eigenvalue weighted by atomic mass is 16.5. The van der Waals surface area contributed by atoms with Crippen molar-refractivity contribution in [1.29, 1.82) is 0 Å². The lowest BCUT2D eigenvalue weighted by atomic mass is 9.97. The summed E-state index contributed by atoms with van der Waals surface area (Å²) in [6, 6.07) is 9.83. The van der Waals surface area contributed by atoms with Gasteiger partial charge in [0.05, 0.1) is 24.9 Å². The largest absolute Gasteiger partial charge is 0.496 e. The third-order valence-electron chi connectivity index (χ3n) is 5.90. The molecule has 0 unspecified atom stereocenters. The summed E-state index contributed by atoms with van der Waals surface area (Å²) < 4.78 is 13.2. The summed E-state index contributed by atoms with van der Waals surface area (Å²) in [7, 11) is 3.50. The summed E-state index contributed by atoms with van der Waals surface area (Å²) in [6.07, 6.45) is 4.30. The lowest BCUT2D eigenvalue weighted by molar-refractivity contribution is 0.0686. The van der Waals surface area contributed by atoms with Crippen LogP contribution in [0.2, 0.25) is 0 Å². The van der Waals surface area contributed by atoms with E-state index in [-0.39, 0.29) is 17.7 Å². The topological polar surface area (TPSA) is 73.4 Å². The van der Waals surface area contributed by atoms with Gasteiger partial charge in [-0.05, 0) is 30.9 Å². The Morgan fingerprint density at radius 1 is 1.32 bits per heavy atom. The van der Waals surface area contributed by atoms with E-state index >= 15 is 0 Å². The van der Waals surface area contributed by atoms with E-state index in [0.29, 0.717) is 24.6 Å². The first kappa shape index (κ1) is 21.2. The molecule has 7 nitrogen and oxygen atoms in total. The zero-order valence-corrected chi connectivity index (χ0v) is 18.7. The summed E-state index contributed by atoms with van der Waals surface area (Å²) in [5, 5.41) is 4.49. The first-order chi connectivity index (χ1) is 15.0. The quantitative estimate of drug-likeness (QED) is 0.597. The minimum atomic E-state index is 0.0207. The molecule has 0 bridgehead atoms. The number of oxazole rings is 1. The number of rotatable bonds is 6. The summed E-state index contributed by atoms with van der Waals surface area (Å²) in [6.45, 7) is 5.51. The van der Waals surface area contributed by atoms with Gasteiger partial charge in [0.2, 0.25) is 0 Å². The van der Waals surface area contributed by atoms with Crippen molar-refractivity contribution in [2.24, 2.45) is 7.05 Å². The number of aromatic nitrogens is 3. The number of aryl methyl sites for hydroxylation is 1. The van der Waals surface area contributed by atoms with Crippen LogP contribution >= 0.6 is 0 Å². The normalized spacial score (nSPS) is 16.7. The minimum Gasteiger partial charge on any atom is -0.496 e. The van der Waals surface area contributed by atoms with Crippen LogP contribution in [0.4, 0.5) is 0 Å². The Labute approximate surface area is 183 Å². The number of benzene rings is 1. The molecular weight excluding hydrogens is 392 g/mol. The molecule has 31 heavy (non-hydrogen) atoms. The van der Waals surface area contributed by atoms with Crippen LogP contribution in [0.1, 0.15) is 71.9 Å². The van der Waals surface area contributed by atoms with Crippen LogP contribution in [0.25, 0.3) is 0 Å². The van der Waals surface area contributed by atoms with E-state index < -0.39 is 0 Å². The number of hydrogen-bond acceptors (Lipinski definition) is 5. The van der Waals surface area contributed by atoms with E-state index in [9.17, 15) is 4.79 Å². The van der Waals surface area contributed by atoms with Gasteiger partial charge in [0, 0.05) is 32.1 Å². The average molecular weight is 423 g/mol. The monoisotopic (exact) mass is 422 g/mol. The van der Waals surface area contributed by atoms with Crippen LogP contribution < -0.4 is 4.74 Å². The predicted molar refractivity (Wildman–Crippen MR) is 117 cm³/mol. The van der Waals surface area contributed by atoms with Gasteiger partial charge in [0.1, 0.15) is 17.2 Å². The Kier molecular flexibility index (Phi) is 6.11. The van der Waals surface area contributed by atoms with Gasteiger partial charge in [-0.15, -0.1) is 0 Å². The van der Waals surface area contributed by atoms with Gasteiger partial charge >= 0.3 is 0 Å². The molecular formula is C24H30N4O3. The Morgan fingerprint density at radius 3 is 2.87 bits per heavy atom. The molecule has 164 valence electrons. The number of carbonyl (C=O) groups excluding carboxylic acids is 1. The molecule has 7 heteroatoms. The number of carbonyl (C=O) groups is 1. The van der Waals surface area contributed by atoms with Crippen molar-refractivity contribution in [2.45, 2.75) is 44.9 Å². The molecule has 3 aromatic rings. The van der Waals surface area contributed by atoms with Crippen molar-refractivity contribution >= 4 is 5.91 Å². The Balaban J connectivity index is 1.46. The molecule has 1 amide bonds. The van der Waals surface area contributed by atoms with Gasteiger partial charge in [0.25, 0.3) is 5.91 Å². The fraction of sp³-hybridized carbons (Fsp3) is 0.458. The van der Waals surface area contributed by atoms with E-state index in [1.54, 1.807) is 18.0 Å². The Bertz CT molecular complexity index is 1050. The number of amides is 1. The highest BCUT2D eigenvalue weighted by molar-refractivity contribution is 5.92. The van der Waals surface area contributed by atoms with Crippen molar-refractivity contribution in [3.63, 3.8) is 0 Å². The van der Waals surface area contributed by atoms with Crippen molar-refractivity contribution in [1.82, 2.24) is 19.7 Å². The number of hydrogen-bond donors (Lipinski definition) is 0.